The zero-order valence-electron chi connectivity index (χ0n) is 9.90. The molecule has 6 nitrogen and oxygen atoms in total. The summed E-state index contributed by atoms with van der Waals surface area (Å²) in [5.74, 6) is -0.534. The molecule has 18 heavy (non-hydrogen) atoms. The third-order valence-electron chi connectivity index (χ3n) is 2.42. The first-order valence-corrected chi connectivity index (χ1v) is 6.33. The molecular weight excluding hydrogens is 258 g/mol. The summed E-state index contributed by atoms with van der Waals surface area (Å²) in [6, 6.07) is 5.42. The van der Waals surface area contributed by atoms with E-state index in [1.54, 1.807) is 6.26 Å². The zero-order valence-corrected chi connectivity index (χ0v) is 10.7. The van der Waals surface area contributed by atoms with Crippen LogP contribution in [0.3, 0.4) is 0 Å². The van der Waals surface area contributed by atoms with Crippen LogP contribution in [0.1, 0.15) is 11.7 Å². The number of hydrogen-bond donors (Lipinski definition) is 1. The number of ether oxygens (including phenoxy) is 1. The van der Waals surface area contributed by atoms with Crippen LogP contribution in [0.4, 0.5) is 5.69 Å². The van der Waals surface area contributed by atoms with Crippen molar-refractivity contribution in [3.63, 3.8) is 0 Å². The van der Waals surface area contributed by atoms with Crippen LogP contribution in [0.2, 0.25) is 0 Å². The van der Waals surface area contributed by atoms with Crippen LogP contribution in [0.25, 0.3) is 0 Å². The van der Waals surface area contributed by atoms with Crippen molar-refractivity contribution >= 4 is 23.4 Å². The summed E-state index contributed by atoms with van der Waals surface area (Å²) in [7, 11) is 1.24. The Hall–Kier alpha value is -1.60. The zero-order chi connectivity index (χ0) is 13.7. The minimum absolute atomic E-state index is 0.0651. The Labute approximate surface area is 108 Å². The summed E-state index contributed by atoms with van der Waals surface area (Å²) in [5.41, 5.74) is 0.370. The minimum Gasteiger partial charge on any atom is -0.468 e. The highest BCUT2D eigenvalue weighted by Crippen LogP contribution is 2.27. The molecule has 0 aliphatic heterocycles. The molecular formula is C11H13NO5S. The molecule has 0 saturated heterocycles. The van der Waals surface area contributed by atoms with E-state index in [-0.39, 0.29) is 5.69 Å². The largest absolute Gasteiger partial charge is 0.468 e. The number of aliphatic hydroxyl groups is 1. The lowest BCUT2D eigenvalue weighted by Crippen LogP contribution is -2.26. The lowest BCUT2D eigenvalue weighted by Gasteiger charge is -2.18. The minimum atomic E-state index is -1.06. The van der Waals surface area contributed by atoms with Gasteiger partial charge in [-0.3, -0.25) is 14.9 Å². The molecule has 7 heteroatoms. The highest BCUT2D eigenvalue weighted by Gasteiger charge is 2.28. The van der Waals surface area contributed by atoms with Gasteiger partial charge >= 0.3 is 5.97 Å². The Morgan fingerprint density at radius 3 is 2.39 bits per heavy atom. The Bertz CT molecular complexity index is 434. The third kappa shape index (κ3) is 3.21. The van der Waals surface area contributed by atoms with E-state index in [2.05, 4.69) is 4.74 Å². The van der Waals surface area contributed by atoms with Crippen molar-refractivity contribution in [2.24, 2.45) is 0 Å². The molecule has 2 atom stereocenters. The predicted molar refractivity (Wildman–Crippen MR) is 67.4 cm³/mol. The SMILES string of the molecule is COC(=O)[C@@H](SC)[C@H](O)c1ccc([N+](=O)[O-])cc1. The van der Waals surface area contributed by atoms with E-state index >= 15 is 0 Å². The Kier molecular flexibility index (Phi) is 5.11. The van der Waals surface area contributed by atoms with Gasteiger partial charge in [-0.2, -0.15) is 0 Å². The maximum atomic E-state index is 11.4. The fourth-order valence-corrected chi connectivity index (χ4v) is 2.14. The van der Waals surface area contributed by atoms with Crippen LogP contribution in [0.5, 0.6) is 0 Å². The molecule has 0 unspecified atom stereocenters. The second-order valence-corrected chi connectivity index (χ2v) is 4.45. The van der Waals surface area contributed by atoms with Crippen LogP contribution in [0.15, 0.2) is 24.3 Å². The molecule has 0 fully saturated rings. The molecule has 0 aliphatic carbocycles. The molecule has 0 amide bonds. The maximum absolute atomic E-state index is 11.4. The summed E-state index contributed by atoms with van der Waals surface area (Å²) in [6.45, 7) is 0. The first-order valence-electron chi connectivity index (χ1n) is 5.04. The number of thioether (sulfide) groups is 1. The molecule has 0 aromatic heterocycles. The first kappa shape index (κ1) is 14.5. The topological polar surface area (TPSA) is 89.7 Å². The average Bonchev–Trinajstić information content (AvgIpc) is 2.39. The van der Waals surface area contributed by atoms with Crippen molar-refractivity contribution in [2.45, 2.75) is 11.4 Å². The van der Waals surface area contributed by atoms with Gasteiger partial charge in [0.15, 0.2) is 0 Å². The maximum Gasteiger partial charge on any atom is 0.321 e. The summed E-state index contributed by atoms with van der Waals surface area (Å²) in [6.07, 6.45) is 0.615. The van der Waals surface area contributed by atoms with Gasteiger partial charge in [-0.1, -0.05) is 0 Å². The van der Waals surface area contributed by atoms with E-state index in [1.165, 1.54) is 31.4 Å². The number of nitro groups is 1. The van der Waals surface area contributed by atoms with Crippen molar-refractivity contribution in [2.75, 3.05) is 13.4 Å². The van der Waals surface area contributed by atoms with Gasteiger partial charge < -0.3 is 9.84 Å². The number of aliphatic hydroxyl groups excluding tert-OH is 1. The van der Waals surface area contributed by atoms with Crippen LogP contribution >= 0.6 is 11.8 Å². The Morgan fingerprint density at radius 2 is 2.00 bits per heavy atom. The van der Waals surface area contributed by atoms with Gasteiger partial charge in [0.05, 0.1) is 12.0 Å². The van der Waals surface area contributed by atoms with E-state index < -0.39 is 22.2 Å². The van der Waals surface area contributed by atoms with E-state index in [4.69, 9.17) is 0 Å². The first-order chi connectivity index (χ1) is 8.51. The fourth-order valence-electron chi connectivity index (χ4n) is 1.44. The molecule has 98 valence electrons. The summed E-state index contributed by atoms with van der Waals surface area (Å²) in [5, 5.41) is 19.8. The number of carbonyl (C=O) groups excluding carboxylic acids is 1. The molecule has 0 bridgehead atoms. The smallest absolute Gasteiger partial charge is 0.321 e. The summed E-state index contributed by atoms with van der Waals surface area (Å²) in [4.78, 5) is 21.4. The number of hydrogen-bond acceptors (Lipinski definition) is 6. The predicted octanol–water partition coefficient (Wildman–Crippen LogP) is 1.53. The summed E-state index contributed by atoms with van der Waals surface area (Å²) < 4.78 is 4.58. The van der Waals surface area contributed by atoms with E-state index in [0.29, 0.717) is 5.56 Å². The van der Waals surface area contributed by atoms with Gasteiger partial charge in [0.25, 0.3) is 5.69 Å². The molecule has 0 heterocycles. The number of nitrogens with zero attached hydrogens (tertiary/aromatic N) is 1. The second kappa shape index (κ2) is 6.36. The Morgan fingerprint density at radius 1 is 1.44 bits per heavy atom. The van der Waals surface area contributed by atoms with Crippen LogP contribution < -0.4 is 0 Å². The number of esters is 1. The number of nitro benzene ring substituents is 1. The fraction of sp³-hybridized carbons (Fsp3) is 0.364. The van der Waals surface area contributed by atoms with E-state index in [9.17, 15) is 20.0 Å². The standard InChI is InChI=1S/C11H13NO5S/c1-17-11(14)10(18-2)9(13)7-3-5-8(6-4-7)12(15)16/h3-6,9-10,13H,1-2H3/t9-,10+/m1/s1. The molecule has 0 aliphatic rings. The van der Waals surface area contributed by atoms with Crippen molar-refractivity contribution in [1.29, 1.82) is 0 Å². The summed E-state index contributed by atoms with van der Waals surface area (Å²) >= 11 is 1.16. The molecule has 0 saturated carbocycles. The van der Waals surface area contributed by atoms with E-state index in [0.717, 1.165) is 11.8 Å². The third-order valence-corrected chi connectivity index (χ3v) is 3.38. The van der Waals surface area contributed by atoms with Gasteiger partial charge in [-0.15, -0.1) is 11.8 Å². The molecule has 1 rings (SSSR count). The quantitative estimate of drug-likeness (QED) is 0.496. The highest BCUT2D eigenvalue weighted by molar-refractivity contribution is 7.99. The molecule has 0 spiro atoms. The molecule has 1 N–H and O–H groups in total. The molecule has 1 aromatic rings. The van der Waals surface area contributed by atoms with Crippen LogP contribution in [0, 0.1) is 10.1 Å². The van der Waals surface area contributed by atoms with Crippen molar-refractivity contribution in [3.8, 4) is 0 Å². The highest BCUT2D eigenvalue weighted by atomic mass is 32.2. The van der Waals surface area contributed by atoms with Gasteiger partial charge in [-0.05, 0) is 24.0 Å². The van der Waals surface area contributed by atoms with Crippen LogP contribution in [-0.2, 0) is 9.53 Å². The van der Waals surface area contributed by atoms with Crippen LogP contribution in [-0.4, -0.2) is 34.6 Å². The van der Waals surface area contributed by atoms with Gasteiger partial charge in [0.1, 0.15) is 11.4 Å². The van der Waals surface area contributed by atoms with Gasteiger partial charge in [0, 0.05) is 12.1 Å². The van der Waals surface area contributed by atoms with Gasteiger partial charge in [0.2, 0.25) is 0 Å². The van der Waals surface area contributed by atoms with Gasteiger partial charge in [-0.25, -0.2) is 0 Å². The van der Waals surface area contributed by atoms with Crippen molar-refractivity contribution in [1.82, 2.24) is 0 Å². The normalized spacial score (nSPS) is 13.7. The lowest BCUT2D eigenvalue weighted by atomic mass is 10.1. The lowest BCUT2D eigenvalue weighted by molar-refractivity contribution is -0.384. The Balaban J connectivity index is 2.91. The van der Waals surface area contributed by atoms with Crippen molar-refractivity contribution in [3.05, 3.63) is 39.9 Å². The number of non-ortho nitro benzene ring substituents is 1. The molecule has 0 radical (unpaired) electrons. The van der Waals surface area contributed by atoms with E-state index in [1.807, 2.05) is 0 Å². The number of methoxy groups -OCH3 is 1. The molecule has 1 aromatic carbocycles. The number of carbonyl (C=O) groups is 1. The second-order valence-electron chi connectivity index (χ2n) is 3.47. The average molecular weight is 271 g/mol. The number of benzene rings is 1. The monoisotopic (exact) mass is 271 g/mol. The number of rotatable bonds is 5. The van der Waals surface area contributed by atoms with Crippen molar-refractivity contribution < 1.29 is 19.6 Å².